The smallest absolute Gasteiger partial charge is 0.0357 e. The third-order valence-electron chi connectivity index (χ3n) is 2.19. The lowest BCUT2D eigenvalue weighted by atomic mass is 10.4. The van der Waals surface area contributed by atoms with Crippen LogP contribution >= 0.6 is 0 Å². The van der Waals surface area contributed by atoms with Crippen LogP contribution in [0.4, 0.5) is 0 Å². The molecule has 74 valence electrons. The van der Waals surface area contributed by atoms with Gasteiger partial charge in [0.15, 0.2) is 0 Å². The van der Waals surface area contributed by atoms with E-state index in [9.17, 15) is 0 Å². The summed E-state index contributed by atoms with van der Waals surface area (Å²) >= 11 is 0. The molecule has 0 aliphatic carbocycles. The van der Waals surface area contributed by atoms with Crippen LogP contribution in [-0.2, 0) is 6.54 Å². The maximum absolute atomic E-state index is 3.38. The number of aromatic amines is 1. The first kappa shape index (κ1) is 10.3. The number of hydrogen-bond acceptors (Lipinski definition) is 2. The Kier molecular flexibility index (Phi) is 4.57. The van der Waals surface area contributed by atoms with Crippen LogP contribution in [0.2, 0.25) is 0 Å². The van der Waals surface area contributed by atoms with E-state index in [0.717, 1.165) is 26.2 Å². The highest BCUT2D eigenvalue weighted by molar-refractivity contribution is 5.02. The van der Waals surface area contributed by atoms with Crippen molar-refractivity contribution in [2.45, 2.75) is 13.5 Å². The molecule has 0 aliphatic heterocycles. The Morgan fingerprint density at radius 3 is 3.00 bits per heavy atom. The molecule has 0 aromatic carbocycles. The standard InChI is InChI=1S/C10H19N3/c1-3-13(2)8-7-11-9-10-5-4-6-12-10/h4-6,11-12H,3,7-9H2,1-2H3. The second-order valence-electron chi connectivity index (χ2n) is 3.27. The summed E-state index contributed by atoms with van der Waals surface area (Å²) < 4.78 is 0. The minimum Gasteiger partial charge on any atom is -0.364 e. The number of hydrogen-bond donors (Lipinski definition) is 2. The monoisotopic (exact) mass is 181 g/mol. The number of rotatable bonds is 6. The molecular weight excluding hydrogens is 162 g/mol. The van der Waals surface area contributed by atoms with Crippen molar-refractivity contribution in [3.05, 3.63) is 24.0 Å². The average Bonchev–Trinajstić information content (AvgIpc) is 2.64. The van der Waals surface area contributed by atoms with Crippen molar-refractivity contribution in [3.8, 4) is 0 Å². The molecule has 0 radical (unpaired) electrons. The molecule has 1 aromatic rings. The first-order chi connectivity index (χ1) is 6.33. The molecule has 0 aliphatic rings. The first-order valence-corrected chi connectivity index (χ1v) is 4.84. The molecule has 3 heteroatoms. The van der Waals surface area contributed by atoms with Gasteiger partial charge in [0.25, 0.3) is 0 Å². The predicted octanol–water partition coefficient (Wildman–Crippen LogP) is 1.06. The zero-order chi connectivity index (χ0) is 9.52. The lowest BCUT2D eigenvalue weighted by Gasteiger charge is -2.13. The van der Waals surface area contributed by atoms with Gasteiger partial charge in [-0.15, -0.1) is 0 Å². The molecule has 0 bridgehead atoms. The number of aromatic nitrogens is 1. The molecule has 13 heavy (non-hydrogen) atoms. The van der Waals surface area contributed by atoms with Gasteiger partial charge in [-0.05, 0) is 25.7 Å². The molecule has 0 unspecified atom stereocenters. The minimum absolute atomic E-state index is 0.935. The maximum atomic E-state index is 3.38. The van der Waals surface area contributed by atoms with Crippen LogP contribution < -0.4 is 5.32 Å². The highest BCUT2D eigenvalue weighted by Crippen LogP contribution is 1.92. The van der Waals surface area contributed by atoms with Gasteiger partial charge in [-0.1, -0.05) is 6.92 Å². The predicted molar refractivity (Wildman–Crippen MR) is 55.7 cm³/mol. The minimum atomic E-state index is 0.935. The molecule has 1 aromatic heterocycles. The highest BCUT2D eigenvalue weighted by atomic mass is 15.1. The topological polar surface area (TPSA) is 31.1 Å². The Labute approximate surface area is 80.1 Å². The van der Waals surface area contributed by atoms with E-state index in [4.69, 9.17) is 0 Å². The fourth-order valence-electron chi connectivity index (χ4n) is 1.13. The van der Waals surface area contributed by atoms with E-state index in [1.165, 1.54) is 5.69 Å². The molecule has 0 spiro atoms. The van der Waals surface area contributed by atoms with E-state index >= 15 is 0 Å². The van der Waals surface area contributed by atoms with Gasteiger partial charge < -0.3 is 15.2 Å². The van der Waals surface area contributed by atoms with Crippen LogP contribution in [0.1, 0.15) is 12.6 Å². The van der Waals surface area contributed by atoms with Crippen molar-refractivity contribution < 1.29 is 0 Å². The molecule has 1 rings (SSSR count). The average molecular weight is 181 g/mol. The summed E-state index contributed by atoms with van der Waals surface area (Å²) in [7, 11) is 2.14. The second kappa shape index (κ2) is 5.78. The Hall–Kier alpha value is -0.800. The Balaban J connectivity index is 2.02. The van der Waals surface area contributed by atoms with Gasteiger partial charge in [0, 0.05) is 31.5 Å². The largest absolute Gasteiger partial charge is 0.364 e. The molecule has 0 saturated carbocycles. The van der Waals surface area contributed by atoms with E-state index in [0.29, 0.717) is 0 Å². The Morgan fingerprint density at radius 2 is 2.38 bits per heavy atom. The summed E-state index contributed by atoms with van der Waals surface area (Å²) in [6, 6.07) is 4.12. The van der Waals surface area contributed by atoms with Crippen molar-refractivity contribution in [1.82, 2.24) is 15.2 Å². The van der Waals surface area contributed by atoms with E-state index in [1.807, 2.05) is 12.3 Å². The van der Waals surface area contributed by atoms with Gasteiger partial charge >= 0.3 is 0 Å². The van der Waals surface area contributed by atoms with Crippen LogP contribution in [-0.4, -0.2) is 36.6 Å². The Morgan fingerprint density at radius 1 is 1.54 bits per heavy atom. The quantitative estimate of drug-likeness (QED) is 0.643. The third kappa shape index (κ3) is 4.10. The zero-order valence-electron chi connectivity index (χ0n) is 8.51. The molecule has 3 nitrogen and oxygen atoms in total. The van der Waals surface area contributed by atoms with Gasteiger partial charge in [-0.25, -0.2) is 0 Å². The number of nitrogens with zero attached hydrogens (tertiary/aromatic N) is 1. The molecule has 0 saturated heterocycles. The lowest BCUT2D eigenvalue weighted by molar-refractivity contribution is 0.348. The van der Waals surface area contributed by atoms with Crippen LogP contribution in [0.3, 0.4) is 0 Å². The van der Waals surface area contributed by atoms with Crippen molar-refractivity contribution in [1.29, 1.82) is 0 Å². The molecule has 0 atom stereocenters. The SMILES string of the molecule is CCN(C)CCNCc1ccc[nH]1. The Bertz CT molecular complexity index is 206. The highest BCUT2D eigenvalue weighted by Gasteiger charge is 1.94. The normalized spacial score (nSPS) is 11.0. The lowest BCUT2D eigenvalue weighted by Crippen LogP contribution is -2.28. The molecule has 2 N–H and O–H groups in total. The van der Waals surface area contributed by atoms with E-state index < -0.39 is 0 Å². The number of likely N-dealkylation sites (N-methyl/N-ethyl adjacent to an activating group) is 1. The molecule has 0 amide bonds. The van der Waals surface area contributed by atoms with E-state index in [1.54, 1.807) is 0 Å². The summed E-state index contributed by atoms with van der Waals surface area (Å²) in [6.07, 6.45) is 1.95. The fourth-order valence-corrected chi connectivity index (χ4v) is 1.13. The number of nitrogens with one attached hydrogen (secondary N) is 2. The maximum Gasteiger partial charge on any atom is 0.0357 e. The van der Waals surface area contributed by atoms with E-state index in [-0.39, 0.29) is 0 Å². The molecular formula is C10H19N3. The summed E-state index contributed by atoms with van der Waals surface area (Å²) in [4.78, 5) is 5.46. The van der Waals surface area contributed by atoms with Gasteiger partial charge in [0.05, 0.1) is 0 Å². The van der Waals surface area contributed by atoms with Crippen LogP contribution in [0.25, 0.3) is 0 Å². The van der Waals surface area contributed by atoms with Crippen LogP contribution in [0.5, 0.6) is 0 Å². The number of H-pyrrole nitrogens is 1. The summed E-state index contributed by atoms with van der Waals surface area (Å²) in [5.74, 6) is 0. The van der Waals surface area contributed by atoms with Crippen molar-refractivity contribution in [2.75, 3.05) is 26.7 Å². The van der Waals surface area contributed by atoms with Gasteiger partial charge in [-0.3, -0.25) is 0 Å². The summed E-state index contributed by atoms with van der Waals surface area (Å²) in [5, 5.41) is 3.38. The van der Waals surface area contributed by atoms with E-state index in [2.05, 4.69) is 35.2 Å². The van der Waals surface area contributed by atoms with Gasteiger partial charge in [0.1, 0.15) is 0 Å². The van der Waals surface area contributed by atoms with Crippen molar-refractivity contribution in [3.63, 3.8) is 0 Å². The summed E-state index contributed by atoms with van der Waals surface area (Å²) in [6.45, 7) is 6.38. The fraction of sp³-hybridized carbons (Fsp3) is 0.600. The van der Waals surface area contributed by atoms with Gasteiger partial charge in [-0.2, -0.15) is 0 Å². The van der Waals surface area contributed by atoms with Gasteiger partial charge in [0.2, 0.25) is 0 Å². The zero-order valence-corrected chi connectivity index (χ0v) is 8.51. The van der Waals surface area contributed by atoms with Crippen LogP contribution in [0, 0.1) is 0 Å². The van der Waals surface area contributed by atoms with Crippen molar-refractivity contribution >= 4 is 0 Å². The first-order valence-electron chi connectivity index (χ1n) is 4.84. The molecule has 1 heterocycles. The third-order valence-corrected chi connectivity index (χ3v) is 2.19. The van der Waals surface area contributed by atoms with Crippen molar-refractivity contribution in [2.24, 2.45) is 0 Å². The second-order valence-corrected chi connectivity index (χ2v) is 3.27. The van der Waals surface area contributed by atoms with Crippen LogP contribution in [0.15, 0.2) is 18.3 Å². The summed E-state index contributed by atoms with van der Waals surface area (Å²) in [5.41, 5.74) is 1.25. The molecule has 0 fully saturated rings.